The van der Waals surface area contributed by atoms with E-state index >= 15 is 0 Å². The number of halogens is 2. The molecule has 0 bridgehead atoms. The van der Waals surface area contributed by atoms with Gasteiger partial charge in [0.15, 0.2) is 0 Å². The van der Waals surface area contributed by atoms with Crippen LogP contribution in [0.15, 0.2) is 0 Å². The summed E-state index contributed by atoms with van der Waals surface area (Å²) in [4.78, 5) is 0. The van der Waals surface area contributed by atoms with Crippen LogP contribution in [-0.2, 0) is 15.1 Å². The molecule has 118 valence electrons. The smallest absolute Gasteiger partial charge is 0.0548 e. The summed E-state index contributed by atoms with van der Waals surface area (Å²) >= 11 is -0.226. The molecule has 0 heterocycles. The van der Waals surface area contributed by atoms with Gasteiger partial charge in [0.2, 0.25) is 0 Å². The van der Waals surface area contributed by atoms with Crippen LogP contribution < -0.4 is 0 Å². The second-order valence-corrected chi connectivity index (χ2v) is 7.53. The number of hydrogen-bond donors (Lipinski definition) is 0. The normalized spacial score (nSPS) is 34.6. The summed E-state index contributed by atoms with van der Waals surface area (Å²) in [6.07, 6.45) is 8.49. The van der Waals surface area contributed by atoms with E-state index in [9.17, 15) is 0 Å². The van der Waals surface area contributed by atoms with Crippen molar-refractivity contribution in [3.63, 3.8) is 0 Å². The van der Waals surface area contributed by atoms with Gasteiger partial charge in [-0.3, -0.25) is 0 Å². The first kappa shape index (κ1) is 20.0. The second-order valence-electron chi connectivity index (χ2n) is 5.04. The first-order chi connectivity index (χ1) is 9.02. The quantitative estimate of drug-likeness (QED) is 0.436. The van der Waals surface area contributed by atoms with E-state index in [1.54, 1.807) is 0 Å². The van der Waals surface area contributed by atoms with Gasteiger partial charge in [-0.15, -0.1) is 0 Å². The van der Waals surface area contributed by atoms with E-state index in [-0.39, 0.29) is 39.3 Å². The van der Waals surface area contributed by atoms with E-state index in [4.69, 9.17) is 42.3 Å². The van der Waals surface area contributed by atoms with Gasteiger partial charge in [0.25, 0.3) is 0 Å². The number of hydrogen-bond acceptors (Lipinski definition) is 0. The maximum Gasteiger partial charge on any atom is -0.0548 e. The van der Waals surface area contributed by atoms with E-state index in [2.05, 4.69) is 0 Å². The summed E-state index contributed by atoms with van der Waals surface area (Å²) in [7, 11) is 9.67. The molecule has 4 N–H and O–H groups in total. The molecular weight excluding hydrogens is 374 g/mol. The molecule has 4 atom stereocenters. The first-order valence-corrected chi connectivity index (χ1v) is 10.9. The monoisotopic (exact) mass is 397 g/mol. The SMILES string of the molecule is [Cl][Rh+][Cl].[NH-]C1CCCCC1[NH-].[NH-]C1CCCCC1[NH-]. The van der Waals surface area contributed by atoms with Crippen LogP contribution in [0.2, 0.25) is 0 Å². The zero-order valence-corrected chi connectivity index (χ0v) is 14.2. The Balaban J connectivity index is 0.000000284. The molecule has 0 saturated heterocycles. The zero-order chi connectivity index (χ0) is 14.7. The Morgan fingerprint density at radius 2 is 0.737 bits per heavy atom. The Morgan fingerprint density at radius 1 is 0.579 bits per heavy atom. The van der Waals surface area contributed by atoms with Crippen molar-refractivity contribution in [2.75, 3.05) is 0 Å². The molecule has 7 heteroatoms. The van der Waals surface area contributed by atoms with E-state index in [1.807, 2.05) is 0 Å². The van der Waals surface area contributed by atoms with Gasteiger partial charge in [-0.2, -0.15) is 24.2 Å². The molecule has 0 amide bonds. The molecule has 4 unspecified atom stereocenters. The number of nitrogens with one attached hydrogen (secondary N) is 4. The van der Waals surface area contributed by atoms with Gasteiger partial charge in [-0.1, -0.05) is 51.4 Å². The second kappa shape index (κ2) is 12.8. The first-order valence-electron chi connectivity index (χ1n) is 6.71. The summed E-state index contributed by atoms with van der Waals surface area (Å²) in [6, 6.07) is -0.319. The van der Waals surface area contributed by atoms with Gasteiger partial charge in [-0.25, -0.2) is 0 Å². The van der Waals surface area contributed by atoms with Gasteiger partial charge in [0, 0.05) is 0 Å². The molecular formula is C12H24Cl2N4Rh-3. The predicted octanol–water partition coefficient (Wildman–Crippen LogP) is 6.18. The zero-order valence-electron chi connectivity index (χ0n) is 11.1. The van der Waals surface area contributed by atoms with Crippen LogP contribution in [0.3, 0.4) is 0 Å². The molecule has 2 rings (SSSR count). The van der Waals surface area contributed by atoms with E-state index in [1.165, 1.54) is 25.7 Å². The van der Waals surface area contributed by atoms with Crippen LogP contribution in [0.5, 0.6) is 0 Å². The topological polar surface area (TPSA) is 95.2 Å². The van der Waals surface area contributed by atoms with Crippen LogP contribution in [0, 0.1) is 0 Å². The van der Waals surface area contributed by atoms with Crippen molar-refractivity contribution in [2.24, 2.45) is 0 Å². The standard InChI is InChI=1S/2C6H12N2.2ClH.Rh/c2*7-5-3-1-2-4-6(5)8;;;/h2*5-8H,1-4H2;2*1H;/q2*-2;;;+3/p-2. The van der Waals surface area contributed by atoms with Crippen LogP contribution >= 0.6 is 19.4 Å². The molecule has 0 spiro atoms. The third-order valence-corrected chi connectivity index (χ3v) is 3.53. The molecule has 0 radical (unpaired) electrons. The molecule has 0 aliphatic heterocycles. The summed E-state index contributed by atoms with van der Waals surface area (Å²) in [5, 5.41) is 0. The van der Waals surface area contributed by atoms with Crippen molar-refractivity contribution in [2.45, 2.75) is 75.5 Å². The van der Waals surface area contributed by atoms with Crippen molar-refractivity contribution < 1.29 is 15.1 Å². The van der Waals surface area contributed by atoms with Gasteiger partial charge in [0.1, 0.15) is 0 Å². The summed E-state index contributed by atoms with van der Waals surface area (Å²) in [6.45, 7) is 0. The average Bonchev–Trinajstić information content (AvgIpc) is 2.38. The molecule has 0 aromatic rings. The molecule has 2 fully saturated rings. The molecule has 2 saturated carbocycles. The maximum absolute atomic E-state index is 7.29. The Bertz CT molecular complexity index is 172. The Hall–Kier alpha value is 1.04. The molecule has 2 aliphatic rings. The third kappa shape index (κ3) is 10.4. The van der Waals surface area contributed by atoms with Crippen molar-refractivity contribution in [3.05, 3.63) is 22.9 Å². The Labute approximate surface area is 133 Å². The van der Waals surface area contributed by atoms with Gasteiger partial charge in [-0.05, 0) is 0 Å². The van der Waals surface area contributed by atoms with Crippen LogP contribution in [0.25, 0.3) is 22.9 Å². The van der Waals surface area contributed by atoms with Crippen molar-refractivity contribution in [1.82, 2.24) is 0 Å². The van der Waals surface area contributed by atoms with Crippen LogP contribution in [-0.4, -0.2) is 24.2 Å². The summed E-state index contributed by atoms with van der Waals surface area (Å²) < 4.78 is 0. The van der Waals surface area contributed by atoms with Crippen LogP contribution in [0.4, 0.5) is 0 Å². The predicted molar refractivity (Wildman–Crippen MR) is 81.1 cm³/mol. The fraction of sp³-hybridized carbons (Fsp3) is 1.00. The fourth-order valence-electron chi connectivity index (χ4n) is 2.26. The van der Waals surface area contributed by atoms with Crippen molar-refractivity contribution in [1.29, 1.82) is 0 Å². The minimum atomic E-state index is -0.226. The number of rotatable bonds is 0. The van der Waals surface area contributed by atoms with Crippen LogP contribution in [0.1, 0.15) is 51.4 Å². The van der Waals surface area contributed by atoms with E-state index < -0.39 is 0 Å². The van der Waals surface area contributed by atoms with Gasteiger partial charge < -0.3 is 22.9 Å². The molecule has 0 aromatic heterocycles. The average molecular weight is 398 g/mol. The summed E-state index contributed by atoms with van der Waals surface area (Å²) in [5.74, 6) is 0. The molecule has 2 aliphatic carbocycles. The summed E-state index contributed by atoms with van der Waals surface area (Å²) in [5.41, 5.74) is 29.2. The fourth-order valence-corrected chi connectivity index (χ4v) is 2.26. The maximum atomic E-state index is 7.29. The minimum Gasteiger partial charge on any atom is -0.676 e. The largest absolute Gasteiger partial charge is 0.676 e. The van der Waals surface area contributed by atoms with Gasteiger partial charge in [0.05, 0.1) is 0 Å². The Kier molecular flexibility index (Phi) is 13.5. The molecule has 19 heavy (non-hydrogen) atoms. The third-order valence-electron chi connectivity index (χ3n) is 3.53. The molecule has 0 aromatic carbocycles. The van der Waals surface area contributed by atoms with E-state index in [0.717, 1.165) is 25.7 Å². The Morgan fingerprint density at radius 3 is 0.842 bits per heavy atom. The van der Waals surface area contributed by atoms with Crippen molar-refractivity contribution >= 4 is 19.4 Å². The molecule has 4 nitrogen and oxygen atoms in total. The van der Waals surface area contributed by atoms with E-state index in [0.29, 0.717) is 0 Å². The van der Waals surface area contributed by atoms with Crippen molar-refractivity contribution in [3.8, 4) is 0 Å². The minimum absolute atomic E-state index is 0.0799. The van der Waals surface area contributed by atoms with Gasteiger partial charge >= 0.3 is 34.5 Å².